The van der Waals surface area contributed by atoms with E-state index in [1.807, 2.05) is 18.2 Å². The Morgan fingerprint density at radius 2 is 1.81 bits per heavy atom. The predicted molar refractivity (Wildman–Crippen MR) is 135 cm³/mol. The van der Waals surface area contributed by atoms with Crippen LogP contribution in [0.15, 0.2) is 48.5 Å². The molecule has 1 fully saturated rings. The Morgan fingerprint density at radius 3 is 2.47 bits per heavy atom. The van der Waals surface area contributed by atoms with E-state index in [9.17, 15) is 4.79 Å². The number of aromatic amines is 1. The van der Waals surface area contributed by atoms with Crippen molar-refractivity contribution in [3.63, 3.8) is 0 Å². The first kappa shape index (κ1) is 23.8. The standard InChI is InChI=1S/C27H31N7O2/c1-2-24-28-27(21-14-7-18(8-15-21)11-16-25(35)36)34(31-24)17-19-9-12-20(13-10-19)22-5-3-4-6-23(22)26-29-32-33-30-26/h3-6,9-10,12-13,18,21H,2,7-8,11,14-17H2,1H3,(H,35,36)(H,29,30,32,33). The smallest absolute Gasteiger partial charge is 0.303 e. The van der Waals surface area contributed by atoms with E-state index in [-0.39, 0.29) is 6.42 Å². The summed E-state index contributed by atoms with van der Waals surface area (Å²) in [6.07, 6.45) is 6.04. The summed E-state index contributed by atoms with van der Waals surface area (Å²) in [6, 6.07) is 16.6. The Hall–Kier alpha value is -3.88. The molecule has 0 saturated heterocycles. The maximum absolute atomic E-state index is 10.9. The number of carbonyl (C=O) groups is 1. The average Bonchev–Trinajstić information content (AvgIpc) is 3.59. The van der Waals surface area contributed by atoms with Crippen molar-refractivity contribution in [2.45, 2.75) is 64.3 Å². The van der Waals surface area contributed by atoms with Gasteiger partial charge in [-0.2, -0.15) is 5.10 Å². The van der Waals surface area contributed by atoms with Gasteiger partial charge in [0.1, 0.15) is 5.82 Å². The summed E-state index contributed by atoms with van der Waals surface area (Å²) >= 11 is 0. The predicted octanol–water partition coefficient (Wildman–Crippen LogP) is 4.87. The summed E-state index contributed by atoms with van der Waals surface area (Å²) in [6.45, 7) is 2.76. The molecule has 0 aliphatic heterocycles. The van der Waals surface area contributed by atoms with E-state index >= 15 is 0 Å². The van der Waals surface area contributed by atoms with Crippen LogP contribution in [0.4, 0.5) is 0 Å². The van der Waals surface area contributed by atoms with E-state index < -0.39 is 5.97 Å². The largest absolute Gasteiger partial charge is 0.481 e. The van der Waals surface area contributed by atoms with E-state index in [1.54, 1.807) is 0 Å². The third kappa shape index (κ3) is 5.35. The number of tetrazole rings is 1. The maximum atomic E-state index is 10.9. The van der Waals surface area contributed by atoms with Crippen LogP contribution in [0.3, 0.4) is 0 Å². The zero-order valence-electron chi connectivity index (χ0n) is 20.5. The van der Waals surface area contributed by atoms with Crippen LogP contribution in [0.25, 0.3) is 22.5 Å². The Bertz CT molecular complexity index is 1290. The van der Waals surface area contributed by atoms with Crippen LogP contribution in [-0.4, -0.2) is 46.5 Å². The number of rotatable bonds is 9. The molecule has 0 amide bonds. The van der Waals surface area contributed by atoms with E-state index in [0.29, 0.717) is 24.2 Å². The molecule has 2 heterocycles. The third-order valence-electron chi connectivity index (χ3n) is 7.16. The molecule has 0 unspecified atom stereocenters. The lowest BCUT2D eigenvalue weighted by molar-refractivity contribution is -0.137. The van der Waals surface area contributed by atoms with Crippen LogP contribution in [0.1, 0.15) is 68.6 Å². The van der Waals surface area contributed by atoms with Crippen molar-refractivity contribution in [3.8, 4) is 22.5 Å². The van der Waals surface area contributed by atoms with E-state index in [0.717, 1.165) is 66.9 Å². The Labute approximate surface area is 210 Å². The molecule has 5 rings (SSSR count). The Kier molecular flexibility index (Phi) is 7.16. The molecule has 2 aromatic heterocycles. The zero-order chi connectivity index (χ0) is 24.9. The van der Waals surface area contributed by atoms with Crippen LogP contribution in [-0.2, 0) is 17.8 Å². The van der Waals surface area contributed by atoms with Crippen LogP contribution < -0.4 is 0 Å². The van der Waals surface area contributed by atoms with Crippen molar-refractivity contribution in [2.75, 3.05) is 0 Å². The summed E-state index contributed by atoms with van der Waals surface area (Å²) < 4.78 is 2.07. The topological polar surface area (TPSA) is 122 Å². The lowest BCUT2D eigenvalue weighted by Gasteiger charge is -2.27. The maximum Gasteiger partial charge on any atom is 0.303 e. The first-order valence-electron chi connectivity index (χ1n) is 12.7. The number of nitrogens with one attached hydrogen (secondary N) is 1. The van der Waals surface area contributed by atoms with Crippen LogP contribution in [0, 0.1) is 5.92 Å². The van der Waals surface area contributed by atoms with Gasteiger partial charge in [-0.1, -0.05) is 55.5 Å². The molecule has 1 saturated carbocycles. The molecule has 36 heavy (non-hydrogen) atoms. The van der Waals surface area contributed by atoms with Gasteiger partial charge >= 0.3 is 5.97 Å². The molecule has 0 atom stereocenters. The first-order valence-corrected chi connectivity index (χ1v) is 12.7. The number of carboxylic acids is 1. The van der Waals surface area contributed by atoms with E-state index in [2.05, 4.69) is 62.6 Å². The minimum absolute atomic E-state index is 0.265. The summed E-state index contributed by atoms with van der Waals surface area (Å²) in [4.78, 5) is 15.8. The molecule has 1 aliphatic carbocycles. The van der Waals surface area contributed by atoms with Crippen LogP contribution in [0.2, 0.25) is 0 Å². The molecule has 1 aliphatic rings. The lowest BCUT2D eigenvalue weighted by atomic mass is 9.79. The zero-order valence-corrected chi connectivity index (χ0v) is 20.5. The number of H-pyrrole nitrogens is 1. The third-order valence-corrected chi connectivity index (χ3v) is 7.16. The van der Waals surface area contributed by atoms with Gasteiger partial charge in [0, 0.05) is 24.3 Å². The van der Waals surface area contributed by atoms with Crippen molar-refractivity contribution in [3.05, 3.63) is 65.7 Å². The lowest BCUT2D eigenvalue weighted by Crippen LogP contribution is -2.18. The fourth-order valence-electron chi connectivity index (χ4n) is 5.19. The van der Waals surface area contributed by atoms with Gasteiger partial charge in [-0.25, -0.2) is 14.8 Å². The van der Waals surface area contributed by atoms with E-state index in [4.69, 9.17) is 15.2 Å². The normalized spacial score (nSPS) is 17.8. The Balaban J connectivity index is 1.31. The van der Waals surface area contributed by atoms with Crippen LogP contribution in [0.5, 0.6) is 0 Å². The summed E-state index contributed by atoms with van der Waals surface area (Å²) in [5.74, 6) is 2.77. The van der Waals surface area contributed by atoms with Gasteiger partial charge in [0.25, 0.3) is 0 Å². The van der Waals surface area contributed by atoms with Crippen molar-refractivity contribution in [2.24, 2.45) is 5.92 Å². The first-order chi connectivity index (χ1) is 17.6. The van der Waals surface area contributed by atoms with Crippen molar-refractivity contribution in [1.29, 1.82) is 0 Å². The quantitative estimate of drug-likeness (QED) is 0.346. The molecular formula is C27H31N7O2. The fraction of sp³-hybridized carbons (Fsp3) is 0.407. The monoisotopic (exact) mass is 485 g/mol. The molecule has 186 valence electrons. The molecule has 0 bridgehead atoms. The molecule has 2 aromatic carbocycles. The van der Waals surface area contributed by atoms with Crippen LogP contribution >= 0.6 is 0 Å². The van der Waals surface area contributed by atoms with Gasteiger partial charge in [0.05, 0.1) is 6.54 Å². The highest BCUT2D eigenvalue weighted by Crippen LogP contribution is 2.37. The highest BCUT2D eigenvalue weighted by molar-refractivity contribution is 5.80. The molecule has 9 heteroatoms. The minimum Gasteiger partial charge on any atom is -0.481 e. The summed E-state index contributed by atoms with van der Waals surface area (Å²) in [5, 5.41) is 28.1. The fourth-order valence-corrected chi connectivity index (χ4v) is 5.19. The van der Waals surface area contributed by atoms with E-state index in [1.165, 1.54) is 5.56 Å². The summed E-state index contributed by atoms with van der Waals surface area (Å²) in [7, 11) is 0. The molecule has 2 N–H and O–H groups in total. The second-order valence-electron chi connectivity index (χ2n) is 9.54. The number of carboxylic acid groups (broad SMARTS) is 1. The number of aryl methyl sites for hydroxylation is 1. The van der Waals surface area contributed by atoms with Crippen molar-refractivity contribution in [1.82, 2.24) is 35.4 Å². The molecule has 4 aromatic rings. The number of hydrogen-bond donors (Lipinski definition) is 2. The number of benzene rings is 2. The molecule has 9 nitrogen and oxygen atoms in total. The molecular weight excluding hydrogens is 454 g/mol. The van der Waals surface area contributed by atoms with Gasteiger partial charge in [-0.15, -0.1) is 5.10 Å². The second kappa shape index (κ2) is 10.8. The Morgan fingerprint density at radius 1 is 1.06 bits per heavy atom. The van der Waals surface area contributed by atoms with Gasteiger partial charge in [-0.05, 0) is 65.1 Å². The van der Waals surface area contributed by atoms with Crippen molar-refractivity contribution >= 4 is 5.97 Å². The highest BCUT2D eigenvalue weighted by atomic mass is 16.4. The molecule has 0 radical (unpaired) electrons. The number of hydrogen-bond acceptors (Lipinski definition) is 6. The molecule has 0 spiro atoms. The SMILES string of the molecule is CCc1nc(C2CCC(CCC(=O)O)CC2)n(Cc2ccc(-c3ccccc3-c3nnn[nH]3)cc2)n1. The second-order valence-corrected chi connectivity index (χ2v) is 9.54. The average molecular weight is 486 g/mol. The number of nitrogens with zero attached hydrogens (tertiary/aromatic N) is 6. The number of aliphatic carboxylic acids is 1. The van der Waals surface area contributed by atoms with Gasteiger partial charge < -0.3 is 5.11 Å². The van der Waals surface area contributed by atoms with Gasteiger partial charge in [0.2, 0.25) is 0 Å². The van der Waals surface area contributed by atoms with Crippen molar-refractivity contribution < 1.29 is 9.90 Å². The van der Waals surface area contributed by atoms with Gasteiger partial charge in [-0.3, -0.25) is 4.79 Å². The summed E-state index contributed by atoms with van der Waals surface area (Å²) in [5.41, 5.74) is 4.29. The highest BCUT2D eigenvalue weighted by Gasteiger charge is 2.27. The number of aromatic nitrogens is 7. The van der Waals surface area contributed by atoms with Gasteiger partial charge in [0.15, 0.2) is 11.6 Å². The minimum atomic E-state index is -0.700.